The van der Waals surface area contributed by atoms with Crippen LogP contribution in [0.25, 0.3) is 0 Å². The van der Waals surface area contributed by atoms with Crippen molar-refractivity contribution in [2.24, 2.45) is 5.92 Å². The molecule has 1 aliphatic rings. The second kappa shape index (κ2) is 8.86. The van der Waals surface area contributed by atoms with Crippen LogP contribution in [0.5, 0.6) is 0 Å². The molecule has 2 rings (SSSR count). The highest BCUT2D eigenvalue weighted by Gasteiger charge is 2.43. The lowest BCUT2D eigenvalue weighted by Gasteiger charge is -2.19. The number of halogens is 3. The van der Waals surface area contributed by atoms with E-state index in [4.69, 9.17) is 9.26 Å². The van der Waals surface area contributed by atoms with Crippen molar-refractivity contribution in [1.29, 1.82) is 0 Å². The van der Waals surface area contributed by atoms with Gasteiger partial charge >= 0.3 is 0 Å². The van der Waals surface area contributed by atoms with Gasteiger partial charge in [0, 0.05) is 20.1 Å². The molecule has 2 atom stereocenters. The molecule has 0 radical (unpaired) electrons. The maximum atomic E-state index is 13.2. The number of carbonyl (C=O) groups is 1. The molecule has 0 aromatic carbocycles. The highest BCUT2D eigenvalue weighted by atomic mass is 35.5. The van der Waals surface area contributed by atoms with E-state index in [0.29, 0.717) is 18.3 Å². The lowest BCUT2D eigenvalue weighted by atomic mass is 10.2. The van der Waals surface area contributed by atoms with E-state index in [1.165, 1.54) is 11.9 Å². The van der Waals surface area contributed by atoms with Gasteiger partial charge in [-0.05, 0) is 12.8 Å². The highest BCUT2D eigenvalue weighted by molar-refractivity contribution is 5.85. The third-order valence-electron chi connectivity index (χ3n) is 3.68. The first-order valence-corrected chi connectivity index (χ1v) is 7.98. The molecule has 0 bridgehead atoms. The number of hydrogen-bond acceptors (Lipinski definition) is 6. The van der Waals surface area contributed by atoms with Crippen molar-refractivity contribution in [3.05, 3.63) is 11.7 Å². The minimum Gasteiger partial charge on any atom is -0.370 e. The van der Waals surface area contributed by atoms with Crippen LogP contribution >= 0.6 is 12.4 Å². The Bertz CT molecular complexity index is 571. The molecular formula is C15H25ClF2N4O3. The van der Waals surface area contributed by atoms with Gasteiger partial charge in [0.05, 0.1) is 19.1 Å². The van der Waals surface area contributed by atoms with Crippen LogP contribution in [0, 0.1) is 5.92 Å². The zero-order chi connectivity index (χ0) is 17.9. The summed E-state index contributed by atoms with van der Waals surface area (Å²) >= 11 is 0. The van der Waals surface area contributed by atoms with Gasteiger partial charge in [-0.3, -0.25) is 10.1 Å². The van der Waals surface area contributed by atoms with Crippen molar-refractivity contribution in [3.63, 3.8) is 0 Å². The molecule has 1 aromatic rings. The first-order valence-electron chi connectivity index (χ1n) is 7.98. The zero-order valence-electron chi connectivity index (χ0n) is 14.8. The van der Waals surface area contributed by atoms with Crippen LogP contribution in [0.2, 0.25) is 0 Å². The zero-order valence-corrected chi connectivity index (χ0v) is 15.6. The quantitative estimate of drug-likeness (QED) is 0.778. The smallest absolute Gasteiger partial charge is 0.262 e. The predicted molar refractivity (Wildman–Crippen MR) is 88.6 cm³/mol. The molecule has 144 valence electrons. The topological polar surface area (TPSA) is 80.5 Å². The molecule has 1 aromatic heterocycles. The van der Waals surface area contributed by atoms with Gasteiger partial charge in [0.15, 0.2) is 5.82 Å². The molecule has 1 aliphatic heterocycles. The SMILES string of the molecule is CC(C)COC(C)c1noc(CN(C)C(=O)C2CC(F)(F)CN2)n1.Cl. The van der Waals surface area contributed by atoms with E-state index >= 15 is 0 Å². The van der Waals surface area contributed by atoms with Crippen LogP contribution in [0.3, 0.4) is 0 Å². The number of alkyl halides is 2. The maximum absolute atomic E-state index is 13.2. The monoisotopic (exact) mass is 382 g/mol. The summed E-state index contributed by atoms with van der Waals surface area (Å²) in [6, 6.07) is -0.888. The van der Waals surface area contributed by atoms with Crippen LogP contribution in [0.15, 0.2) is 4.52 Å². The number of hydrogen-bond donors (Lipinski definition) is 1. The van der Waals surface area contributed by atoms with Crippen molar-refractivity contribution in [2.45, 2.75) is 51.8 Å². The van der Waals surface area contributed by atoms with Crippen molar-refractivity contribution < 1.29 is 22.8 Å². The number of rotatable bonds is 7. The third-order valence-corrected chi connectivity index (χ3v) is 3.68. The number of nitrogens with zero attached hydrogens (tertiary/aromatic N) is 3. The van der Waals surface area contributed by atoms with Gasteiger partial charge in [-0.25, -0.2) is 8.78 Å². The van der Waals surface area contributed by atoms with Crippen LogP contribution in [0.4, 0.5) is 8.78 Å². The van der Waals surface area contributed by atoms with E-state index in [1.54, 1.807) is 0 Å². The molecule has 2 heterocycles. The van der Waals surface area contributed by atoms with Crippen molar-refractivity contribution in [1.82, 2.24) is 20.4 Å². The van der Waals surface area contributed by atoms with Gasteiger partial charge in [0.2, 0.25) is 11.8 Å². The van der Waals surface area contributed by atoms with Crippen LogP contribution in [-0.4, -0.2) is 53.1 Å². The Morgan fingerprint density at radius 2 is 2.16 bits per heavy atom. The second-order valence-electron chi connectivity index (χ2n) is 6.60. The number of aromatic nitrogens is 2. The second-order valence-corrected chi connectivity index (χ2v) is 6.60. The molecule has 7 nitrogen and oxygen atoms in total. The maximum Gasteiger partial charge on any atom is 0.262 e. The summed E-state index contributed by atoms with van der Waals surface area (Å²) in [5, 5.41) is 6.38. The molecule has 1 saturated heterocycles. The Kier molecular flexibility index (Phi) is 7.70. The standard InChI is InChI=1S/C15H24F2N4O3.ClH/c1-9(2)7-23-10(3)13-19-12(24-20-13)6-21(4)14(22)11-5-15(16,17)8-18-11;/h9-11,18H,5-8H2,1-4H3;1H. The number of carbonyl (C=O) groups excluding carboxylic acids is 1. The summed E-state index contributed by atoms with van der Waals surface area (Å²) in [6.45, 7) is 6.05. The Balaban J connectivity index is 0.00000312. The molecule has 2 unspecified atom stereocenters. The fraction of sp³-hybridized carbons (Fsp3) is 0.800. The van der Waals surface area contributed by atoms with Crippen molar-refractivity contribution in [2.75, 3.05) is 20.2 Å². The number of amides is 1. The minimum absolute atomic E-state index is 0. The number of ether oxygens (including phenoxy) is 1. The summed E-state index contributed by atoms with van der Waals surface area (Å²) in [7, 11) is 1.52. The fourth-order valence-electron chi connectivity index (χ4n) is 2.35. The molecule has 1 N–H and O–H groups in total. The predicted octanol–water partition coefficient (Wildman–Crippen LogP) is 2.18. The van der Waals surface area contributed by atoms with E-state index in [1.807, 2.05) is 20.8 Å². The number of nitrogens with one attached hydrogen (secondary N) is 1. The Labute approximate surface area is 151 Å². The summed E-state index contributed by atoms with van der Waals surface area (Å²) in [5.41, 5.74) is 0. The molecule has 10 heteroatoms. The van der Waals surface area contributed by atoms with E-state index in [9.17, 15) is 13.6 Å². The van der Waals surface area contributed by atoms with Gasteiger partial charge in [0.25, 0.3) is 5.92 Å². The lowest BCUT2D eigenvalue weighted by molar-refractivity contribution is -0.133. The largest absolute Gasteiger partial charge is 0.370 e. The van der Waals surface area contributed by atoms with E-state index < -0.39 is 30.8 Å². The Morgan fingerprint density at radius 3 is 2.72 bits per heavy atom. The first-order chi connectivity index (χ1) is 11.2. The average molecular weight is 383 g/mol. The van der Waals surface area contributed by atoms with Crippen LogP contribution in [0.1, 0.15) is 45.0 Å². The number of likely N-dealkylation sites (N-methyl/N-ethyl adjacent to an activating group) is 1. The lowest BCUT2D eigenvalue weighted by Crippen LogP contribution is -2.41. The molecule has 1 amide bonds. The van der Waals surface area contributed by atoms with E-state index in [-0.39, 0.29) is 30.9 Å². The highest BCUT2D eigenvalue weighted by Crippen LogP contribution is 2.26. The molecule has 1 fully saturated rings. The van der Waals surface area contributed by atoms with Gasteiger partial charge in [-0.1, -0.05) is 19.0 Å². The normalized spacial score (nSPS) is 20.4. The first kappa shape index (κ1) is 21.7. The average Bonchev–Trinajstić information content (AvgIpc) is 3.10. The van der Waals surface area contributed by atoms with E-state index in [0.717, 1.165) is 0 Å². The summed E-state index contributed by atoms with van der Waals surface area (Å²) < 4.78 is 37.1. The fourth-order valence-corrected chi connectivity index (χ4v) is 2.35. The van der Waals surface area contributed by atoms with Gasteiger partial charge in [-0.15, -0.1) is 12.4 Å². The summed E-state index contributed by atoms with van der Waals surface area (Å²) in [4.78, 5) is 17.7. The molecule has 25 heavy (non-hydrogen) atoms. The minimum atomic E-state index is -2.85. The van der Waals surface area contributed by atoms with Crippen molar-refractivity contribution in [3.8, 4) is 0 Å². The van der Waals surface area contributed by atoms with Crippen molar-refractivity contribution >= 4 is 18.3 Å². The molecule has 0 spiro atoms. The molecular weight excluding hydrogens is 358 g/mol. The van der Waals surface area contributed by atoms with Gasteiger partial charge < -0.3 is 14.2 Å². The third kappa shape index (κ3) is 6.16. The Morgan fingerprint density at radius 1 is 1.48 bits per heavy atom. The molecule has 0 saturated carbocycles. The Hall–Kier alpha value is -1.32. The van der Waals surface area contributed by atoms with E-state index in [2.05, 4.69) is 15.5 Å². The molecule has 0 aliphatic carbocycles. The van der Waals surface area contributed by atoms with Gasteiger partial charge in [0.1, 0.15) is 6.10 Å². The summed E-state index contributed by atoms with van der Waals surface area (Å²) in [5.74, 6) is -2.24. The van der Waals surface area contributed by atoms with Crippen LogP contribution < -0.4 is 5.32 Å². The summed E-state index contributed by atoms with van der Waals surface area (Å²) in [6.07, 6.45) is -0.813. The van der Waals surface area contributed by atoms with Crippen LogP contribution in [-0.2, 0) is 16.1 Å². The van der Waals surface area contributed by atoms with Gasteiger partial charge in [-0.2, -0.15) is 4.98 Å².